The number of hydrogen-bond donors (Lipinski definition) is 1. The molecule has 0 aromatic carbocycles. The van der Waals surface area contributed by atoms with Crippen LogP contribution >= 0.6 is 0 Å². The molecule has 2 heterocycles. The zero-order valence-corrected chi connectivity index (χ0v) is 8.90. The standard InChI is InChI=1S/C10H18N4/c1-13-5-3-4-8(7-13)9-6-10(11)14(2)12-9/h6,8H,3-5,7,11H2,1-2H3. The molecule has 4 nitrogen and oxygen atoms in total. The summed E-state index contributed by atoms with van der Waals surface area (Å²) in [5.41, 5.74) is 6.92. The highest BCUT2D eigenvalue weighted by atomic mass is 15.3. The highest BCUT2D eigenvalue weighted by Gasteiger charge is 2.21. The van der Waals surface area contributed by atoms with E-state index >= 15 is 0 Å². The molecule has 1 saturated heterocycles. The molecule has 1 aliphatic heterocycles. The smallest absolute Gasteiger partial charge is 0.121 e. The third-order valence-corrected chi connectivity index (χ3v) is 2.98. The molecule has 1 unspecified atom stereocenters. The number of rotatable bonds is 1. The molecular formula is C10H18N4. The number of nitrogens with two attached hydrogens (primary N) is 1. The molecule has 1 aromatic heterocycles. The second-order valence-corrected chi connectivity index (χ2v) is 4.22. The first-order valence-corrected chi connectivity index (χ1v) is 5.15. The summed E-state index contributed by atoms with van der Waals surface area (Å²) in [5.74, 6) is 1.32. The Morgan fingerprint density at radius 1 is 1.50 bits per heavy atom. The van der Waals surface area contributed by atoms with Crippen molar-refractivity contribution in [3.05, 3.63) is 11.8 Å². The zero-order valence-electron chi connectivity index (χ0n) is 8.90. The Labute approximate surface area is 84.7 Å². The van der Waals surface area contributed by atoms with Crippen molar-refractivity contribution in [3.63, 3.8) is 0 Å². The minimum atomic E-state index is 0.567. The average molecular weight is 194 g/mol. The fourth-order valence-corrected chi connectivity index (χ4v) is 2.11. The quantitative estimate of drug-likeness (QED) is 0.719. The van der Waals surface area contributed by atoms with E-state index in [2.05, 4.69) is 17.0 Å². The summed E-state index contributed by atoms with van der Waals surface area (Å²) in [7, 11) is 4.06. The molecule has 1 aliphatic rings. The van der Waals surface area contributed by atoms with Crippen LogP contribution in [0.25, 0.3) is 0 Å². The van der Waals surface area contributed by atoms with Crippen LogP contribution in [-0.2, 0) is 7.05 Å². The third-order valence-electron chi connectivity index (χ3n) is 2.98. The summed E-state index contributed by atoms with van der Waals surface area (Å²) in [4.78, 5) is 2.36. The lowest BCUT2D eigenvalue weighted by molar-refractivity contribution is 0.248. The SMILES string of the molecule is CN1CCCC(c2cc(N)n(C)n2)C1. The number of aryl methyl sites for hydroxylation is 1. The lowest BCUT2D eigenvalue weighted by Gasteiger charge is -2.28. The monoisotopic (exact) mass is 194 g/mol. The normalized spacial score (nSPS) is 24.0. The number of piperidine rings is 1. The van der Waals surface area contributed by atoms with E-state index in [-0.39, 0.29) is 0 Å². The number of likely N-dealkylation sites (N-methyl/N-ethyl adjacent to an activating group) is 1. The van der Waals surface area contributed by atoms with Gasteiger partial charge in [0.15, 0.2) is 0 Å². The van der Waals surface area contributed by atoms with Crippen molar-refractivity contribution in [2.24, 2.45) is 7.05 Å². The number of likely N-dealkylation sites (tertiary alicyclic amines) is 1. The van der Waals surface area contributed by atoms with Crippen molar-refractivity contribution in [3.8, 4) is 0 Å². The van der Waals surface area contributed by atoms with Gasteiger partial charge in [-0.2, -0.15) is 5.10 Å². The van der Waals surface area contributed by atoms with Crippen molar-refractivity contribution in [1.29, 1.82) is 0 Å². The summed E-state index contributed by atoms with van der Waals surface area (Å²) in [6, 6.07) is 2.00. The molecule has 0 spiro atoms. The van der Waals surface area contributed by atoms with Crippen molar-refractivity contribution in [1.82, 2.24) is 14.7 Å². The molecule has 1 fully saturated rings. The van der Waals surface area contributed by atoms with Crippen LogP contribution < -0.4 is 5.73 Å². The van der Waals surface area contributed by atoms with Gasteiger partial charge in [-0.1, -0.05) is 0 Å². The van der Waals surface area contributed by atoms with Gasteiger partial charge in [-0.3, -0.25) is 4.68 Å². The molecule has 0 radical (unpaired) electrons. The van der Waals surface area contributed by atoms with E-state index in [0.717, 1.165) is 18.1 Å². The van der Waals surface area contributed by atoms with Gasteiger partial charge in [0, 0.05) is 25.6 Å². The minimum Gasteiger partial charge on any atom is -0.384 e. The first-order valence-electron chi connectivity index (χ1n) is 5.15. The minimum absolute atomic E-state index is 0.567. The molecule has 0 amide bonds. The summed E-state index contributed by atoms with van der Waals surface area (Å²) in [6.45, 7) is 2.31. The fraction of sp³-hybridized carbons (Fsp3) is 0.700. The Kier molecular flexibility index (Phi) is 2.46. The average Bonchev–Trinajstić information content (AvgIpc) is 2.47. The second kappa shape index (κ2) is 3.61. The molecule has 1 atom stereocenters. The van der Waals surface area contributed by atoms with Crippen molar-refractivity contribution >= 4 is 5.82 Å². The molecule has 0 saturated carbocycles. The molecular weight excluding hydrogens is 176 g/mol. The van der Waals surface area contributed by atoms with E-state index in [1.54, 1.807) is 4.68 Å². The zero-order chi connectivity index (χ0) is 10.1. The summed E-state index contributed by atoms with van der Waals surface area (Å²) in [5, 5.41) is 4.43. The number of anilines is 1. The number of nitrogen functional groups attached to an aromatic ring is 1. The lowest BCUT2D eigenvalue weighted by atomic mass is 9.95. The second-order valence-electron chi connectivity index (χ2n) is 4.22. The molecule has 14 heavy (non-hydrogen) atoms. The van der Waals surface area contributed by atoms with E-state index in [1.807, 2.05) is 13.1 Å². The topological polar surface area (TPSA) is 47.1 Å². The largest absolute Gasteiger partial charge is 0.384 e. The van der Waals surface area contributed by atoms with Crippen LogP contribution in [0.15, 0.2) is 6.07 Å². The van der Waals surface area contributed by atoms with E-state index in [9.17, 15) is 0 Å². The maximum absolute atomic E-state index is 5.77. The molecule has 0 bridgehead atoms. The first kappa shape index (κ1) is 9.52. The Bertz CT molecular complexity index is 298. The Hall–Kier alpha value is -1.03. The molecule has 1 aromatic rings. The number of nitrogens with zero attached hydrogens (tertiary/aromatic N) is 3. The molecule has 0 aliphatic carbocycles. The predicted molar refractivity (Wildman–Crippen MR) is 57.1 cm³/mol. The molecule has 2 N–H and O–H groups in total. The Morgan fingerprint density at radius 2 is 2.29 bits per heavy atom. The lowest BCUT2D eigenvalue weighted by Crippen LogP contribution is -2.31. The molecule has 78 valence electrons. The van der Waals surface area contributed by atoms with Gasteiger partial charge in [0.05, 0.1) is 5.69 Å². The van der Waals surface area contributed by atoms with Gasteiger partial charge in [-0.15, -0.1) is 0 Å². The van der Waals surface area contributed by atoms with Gasteiger partial charge in [0.25, 0.3) is 0 Å². The van der Waals surface area contributed by atoms with Gasteiger partial charge in [0.1, 0.15) is 5.82 Å². The highest BCUT2D eigenvalue weighted by Crippen LogP contribution is 2.25. The van der Waals surface area contributed by atoms with Gasteiger partial charge in [0.2, 0.25) is 0 Å². The van der Waals surface area contributed by atoms with Gasteiger partial charge in [-0.25, -0.2) is 0 Å². The van der Waals surface area contributed by atoms with Crippen molar-refractivity contribution < 1.29 is 0 Å². The predicted octanol–water partition coefficient (Wildman–Crippen LogP) is 0.811. The van der Waals surface area contributed by atoms with Gasteiger partial charge < -0.3 is 10.6 Å². The summed E-state index contributed by atoms with van der Waals surface area (Å²) < 4.78 is 1.75. The fourth-order valence-electron chi connectivity index (χ4n) is 2.11. The first-order chi connectivity index (χ1) is 6.66. The van der Waals surface area contributed by atoms with Crippen LogP contribution in [-0.4, -0.2) is 34.8 Å². The summed E-state index contributed by atoms with van der Waals surface area (Å²) >= 11 is 0. The van der Waals surface area contributed by atoms with E-state index in [4.69, 9.17) is 5.73 Å². The van der Waals surface area contributed by atoms with E-state index < -0.39 is 0 Å². The Balaban J connectivity index is 2.14. The van der Waals surface area contributed by atoms with Gasteiger partial charge in [-0.05, 0) is 26.4 Å². The van der Waals surface area contributed by atoms with E-state index in [0.29, 0.717) is 5.92 Å². The van der Waals surface area contributed by atoms with Gasteiger partial charge >= 0.3 is 0 Å². The van der Waals surface area contributed by atoms with Crippen LogP contribution in [0.5, 0.6) is 0 Å². The highest BCUT2D eigenvalue weighted by molar-refractivity contribution is 5.32. The molecule has 2 rings (SSSR count). The van der Waals surface area contributed by atoms with Crippen LogP contribution in [0.2, 0.25) is 0 Å². The van der Waals surface area contributed by atoms with Crippen LogP contribution in [0.3, 0.4) is 0 Å². The number of hydrogen-bond acceptors (Lipinski definition) is 3. The molecule has 4 heteroatoms. The van der Waals surface area contributed by atoms with Crippen LogP contribution in [0, 0.1) is 0 Å². The maximum atomic E-state index is 5.77. The van der Waals surface area contributed by atoms with E-state index in [1.165, 1.54) is 19.4 Å². The maximum Gasteiger partial charge on any atom is 0.121 e. The Morgan fingerprint density at radius 3 is 2.86 bits per heavy atom. The third kappa shape index (κ3) is 1.75. The van der Waals surface area contributed by atoms with Crippen molar-refractivity contribution in [2.45, 2.75) is 18.8 Å². The summed E-state index contributed by atoms with van der Waals surface area (Å²) in [6.07, 6.45) is 2.50. The number of aromatic nitrogens is 2. The van der Waals surface area contributed by atoms with Crippen molar-refractivity contribution in [2.75, 3.05) is 25.9 Å². The van der Waals surface area contributed by atoms with Crippen LogP contribution in [0.4, 0.5) is 5.82 Å². The van der Waals surface area contributed by atoms with Crippen LogP contribution in [0.1, 0.15) is 24.5 Å².